The summed E-state index contributed by atoms with van der Waals surface area (Å²) in [5, 5.41) is 14.3. The summed E-state index contributed by atoms with van der Waals surface area (Å²) >= 11 is 0. The summed E-state index contributed by atoms with van der Waals surface area (Å²) in [4.78, 5) is 20.9. The Kier molecular flexibility index (Phi) is 13.4. The van der Waals surface area contributed by atoms with Gasteiger partial charge < -0.3 is 14.5 Å². The number of carbonyl (C=O) groups excluding carboxylic acids is 1. The molecular weight excluding hydrogens is 845 g/mol. The number of hydrogen-bond donors (Lipinski definition) is 1. The number of ketones is 1. The Morgan fingerprint density at radius 3 is 2.22 bits per heavy atom. The third-order valence-electron chi connectivity index (χ3n) is 10.7. The van der Waals surface area contributed by atoms with Crippen molar-refractivity contribution in [2.75, 3.05) is 0 Å². The van der Waals surface area contributed by atoms with Crippen LogP contribution in [0.4, 0.5) is 0 Å². The number of aryl methyl sites for hydroxylation is 2. The Labute approximate surface area is 332 Å². The molecule has 5 nitrogen and oxygen atoms in total. The van der Waals surface area contributed by atoms with Crippen LogP contribution in [0.15, 0.2) is 114 Å². The number of carbonyl (C=O) groups is 1. The average molecular weight is 894 g/mol. The Balaban J connectivity index is 0.000000301. The summed E-state index contributed by atoms with van der Waals surface area (Å²) in [5.74, 6) is 0.547. The molecule has 0 saturated carbocycles. The van der Waals surface area contributed by atoms with Crippen LogP contribution < -0.4 is 0 Å². The van der Waals surface area contributed by atoms with Crippen LogP contribution in [0.2, 0.25) is 0 Å². The van der Waals surface area contributed by atoms with E-state index in [-0.39, 0.29) is 43.5 Å². The maximum atomic E-state index is 11.7. The molecule has 3 aromatic heterocycles. The molecule has 1 N–H and O–H groups in total. The maximum absolute atomic E-state index is 11.7. The molecule has 6 heteroatoms. The zero-order valence-electron chi connectivity index (χ0n) is 32.3. The van der Waals surface area contributed by atoms with Crippen LogP contribution in [-0.2, 0) is 24.9 Å². The molecule has 0 spiro atoms. The van der Waals surface area contributed by atoms with Gasteiger partial charge in [-0.2, -0.15) is 0 Å². The first-order valence-corrected chi connectivity index (χ1v) is 18.9. The van der Waals surface area contributed by atoms with Gasteiger partial charge in [0.2, 0.25) is 0 Å². The van der Waals surface area contributed by atoms with Gasteiger partial charge in [-0.1, -0.05) is 93.2 Å². The Morgan fingerprint density at radius 1 is 0.796 bits per heavy atom. The molecule has 7 rings (SSSR count). The van der Waals surface area contributed by atoms with Crippen LogP contribution in [0.3, 0.4) is 0 Å². The summed E-state index contributed by atoms with van der Waals surface area (Å²) in [5.41, 5.74) is 11.6. The summed E-state index contributed by atoms with van der Waals surface area (Å²) in [6.07, 6.45) is 10.6. The second kappa shape index (κ2) is 18.0. The molecule has 0 saturated heterocycles. The predicted molar refractivity (Wildman–Crippen MR) is 220 cm³/mol. The molecule has 0 atom stereocenters. The zero-order valence-corrected chi connectivity index (χ0v) is 34.7. The number of fused-ring (bicyclic) bond motifs is 4. The molecule has 0 aliphatic carbocycles. The first-order valence-electron chi connectivity index (χ1n) is 18.9. The number of rotatable bonds is 10. The number of nitrogens with zero attached hydrogens (tertiary/aromatic N) is 2. The Bertz CT molecular complexity index is 2420. The second-order valence-corrected chi connectivity index (χ2v) is 13.9. The first-order chi connectivity index (χ1) is 25.7. The summed E-state index contributed by atoms with van der Waals surface area (Å²) < 4.78 is 6.80. The van der Waals surface area contributed by atoms with Gasteiger partial charge in [-0.15, -0.1) is 18.2 Å². The number of benzene rings is 4. The molecule has 7 aromatic rings. The van der Waals surface area contributed by atoms with Crippen LogP contribution in [0.5, 0.6) is 0 Å². The van der Waals surface area contributed by atoms with Crippen molar-refractivity contribution in [1.82, 2.24) is 9.97 Å². The van der Waals surface area contributed by atoms with Gasteiger partial charge in [0.15, 0.2) is 5.78 Å². The molecule has 1 radical (unpaired) electrons. The van der Waals surface area contributed by atoms with Crippen LogP contribution in [0, 0.1) is 38.7 Å². The Morgan fingerprint density at radius 2 is 1.52 bits per heavy atom. The molecule has 279 valence electrons. The van der Waals surface area contributed by atoms with Crippen molar-refractivity contribution < 1.29 is 34.4 Å². The summed E-state index contributed by atoms with van der Waals surface area (Å²) in [6, 6.07) is 30.7. The predicted octanol–water partition coefficient (Wildman–Crippen LogP) is 13.1. The summed E-state index contributed by atoms with van der Waals surface area (Å²) in [7, 11) is 0. The van der Waals surface area contributed by atoms with Gasteiger partial charge in [0.05, 0.1) is 11.3 Å². The fraction of sp³-hybridized carbons (Fsp3) is 0.271. The van der Waals surface area contributed by atoms with E-state index in [9.17, 15) is 9.90 Å². The largest absolute Gasteiger partial charge is 0.512 e. The second-order valence-electron chi connectivity index (χ2n) is 13.9. The molecule has 0 aliphatic rings. The third kappa shape index (κ3) is 8.11. The van der Waals surface area contributed by atoms with E-state index in [1.807, 2.05) is 64.5 Å². The number of pyridine rings is 2. The van der Waals surface area contributed by atoms with Crippen LogP contribution >= 0.6 is 0 Å². The number of aliphatic hydroxyl groups excluding tert-OH is 1. The molecule has 4 aromatic carbocycles. The average Bonchev–Trinajstić information content (AvgIpc) is 3.58. The molecule has 0 bridgehead atoms. The summed E-state index contributed by atoms with van der Waals surface area (Å²) in [6.45, 7) is 14.6. The van der Waals surface area contributed by atoms with Crippen molar-refractivity contribution in [3.05, 3.63) is 132 Å². The molecule has 0 aliphatic heterocycles. The number of allylic oxidation sites excluding steroid dienone is 2. The van der Waals surface area contributed by atoms with Crippen molar-refractivity contribution >= 4 is 38.5 Å². The normalized spacial score (nSPS) is 11.6. The molecule has 0 unspecified atom stereocenters. The minimum atomic E-state index is 0. The van der Waals surface area contributed by atoms with E-state index in [0.717, 1.165) is 81.0 Å². The van der Waals surface area contributed by atoms with Gasteiger partial charge in [0, 0.05) is 72.9 Å². The van der Waals surface area contributed by atoms with Gasteiger partial charge in [0.25, 0.3) is 0 Å². The van der Waals surface area contributed by atoms with Gasteiger partial charge >= 0.3 is 0 Å². The van der Waals surface area contributed by atoms with Crippen molar-refractivity contribution in [2.24, 2.45) is 11.8 Å². The van der Waals surface area contributed by atoms with E-state index < -0.39 is 0 Å². The van der Waals surface area contributed by atoms with Crippen molar-refractivity contribution in [1.29, 1.82) is 0 Å². The van der Waals surface area contributed by atoms with Gasteiger partial charge in [-0.3, -0.25) is 9.78 Å². The molecular formula is C48H49IrN2O3-. The first kappa shape index (κ1) is 40.3. The van der Waals surface area contributed by atoms with E-state index in [2.05, 4.69) is 92.5 Å². The van der Waals surface area contributed by atoms with E-state index in [0.29, 0.717) is 0 Å². The molecule has 3 heterocycles. The molecule has 54 heavy (non-hydrogen) atoms. The minimum Gasteiger partial charge on any atom is -0.512 e. The number of furan rings is 1. The van der Waals surface area contributed by atoms with Crippen LogP contribution in [-0.4, -0.2) is 20.9 Å². The van der Waals surface area contributed by atoms with Gasteiger partial charge in [-0.05, 0) is 103 Å². The van der Waals surface area contributed by atoms with Gasteiger partial charge in [-0.25, -0.2) is 0 Å². The molecule has 0 fully saturated rings. The van der Waals surface area contributed by atoms with Crippen molar-refractivity contribution in [2.45, 2.75) is 74.1 Å². The fourth-order valence-electron chi connectivity index (χ4n) is 7.38. The maximum Gasteiger partial charge on any atom is 0.162 e. The standard InChI is InChI=1S/C35H25N2O.C13H24O2.Ir/c1-21-12-13-29(33-23(3)22(2)18-26-14-16-36-20-30(26)33)35-32(21)28-11-7-10-27(34(28)38-35)31-19-25(15-17-37-31)24-8-5-4-6-9-24;1-5-10(6-2)12(14)9-13(15)11(7-3)8-4;/h4-9,11-20H,1-3H3;9-11,14H,5-8H2,1-4H3;/q-1;;/b;12-9-;. The molecule has 0 amide bonds. The quantitative estimate of drug-likeness (QED) is 0.0841. The van der Waals surface area contributed by atoms with Crippen LogP contribution in [0.1, 0.15) is 70.1 Å². The van der Waals surface area contributed by atoms with Crippen molar-refractivity contribution in [3.8, 4) is 33.5 Å². The van der Waals surface area contributed by atoms with E-state index >= 15 is 0 Å². The van der Waals surface area contributed by atoms with Crippen molar-refractivity contribution in [3.63, 3.8) is 0 Å². The topological polar surface area (TPSA) is 76.2 Å². The van der Waals surface area contributed by atoms with E-state index in [4.69, 9.17) is 9.40 Å². The monoisotopic (exact) mass is 894 g/mol. The minimum absolute atomic E-state index is 0. The van der Waals surface area contributed by atoms with E-state index in [1.54, 1.807) is 0 Å². The van der Waals surface area contributed by atoms with Gasteiger partial charge in [0.1, 0.15) is 5.58 Å². The Hall–Kier alpha value is -4.90. The van der Waals surface area contributed by atoms with E-state index in [1.165, 1.54) is 33.7 Å². The van der Waals surface area contributed by atoms with Crippen LogP contribution in [0.25, 0.3) is 66.2 Å². The third-order valence-corrected chi connectivity index (χ3v) is 10.7. The number of aromatic nitrogens is 2. The SMILES string of the molecule is CCC(CC)C(=O)/C=C(\O)C(CC)CC.Cc1cc2ccncc2c(-c2ccc(C)c3c2oc2c(-c4cc(-c5ccccc5)ccn4)[c-]ccc23)c1C.[Ir]. The number of hydrogen-bond acceptors (Lipinski definition) is 5. The zero-order chi connectivity index (χ0) is 37.6. The number of aliphatic hydroxyl groups is 1. The fourth-order valence-corrected chi connectivity index (χ4v) is 7.38. The smallest absolute Gasteiger partial charge is 0.162 e.